The summed E-state index contributed by atoms with van der Waals surface area (Å²) in [5.41, 5.74) is 3.69. The zero-order valence-corrected chi connectivity index (χ0v) is 11.0. The molecule has 1 aromatic carbocycles. The Hall–Kier alpha value is -0.830. The van der Waals surface area contributed by atoms with Crippen molar-refractivity contribution in [3.8, 4) is 11.1 Å². The van der Waals surface area contributed by atoms with E-state index in [1.54, 1.807) is 11.3 Å². The molecule has 1 aromatic heterocycles. The van der Waals surface area contributed by atoms with Gasteiger partial charge < -0.3 is 5.32 Å². The Morgan fingerprint density at radius 2 is 2.12 bits per heavy atom. The Kier molecular flexibility index (Phi) is 3.64. The van der Waals surface area contributed by atoms with Crippen LogP contribution in [-0.4, -0.2) is 7.05 Å². The van der Waals surface area contributed by atoms with Crippen LogP contribution in [0, 0.1) is 6.92 Å². The maximum absolute atomic E-state index is 6.14. The summed E-state index contributed by atoms with van der Waals surface area (Å²) in [5, 5.41) is 6.08. The van der Waals surface area contributed by atoms with E-state index in [0.29, 0.717) is 0 Å². The van der Waals surface area contributed by atoms with Crippen LogP contribution in [0.4, 0.5) is 0 Å². The van der Waals surface area contributed by atoms with Crippen molar-refractivity contribution in [1.29, 1.82) is 0 Å². The molecule has 84 valence electrons. The van der Waals surface area contributed by atoms with E-state index in [0.717, 1.165) is 17.1 Å². The molecule has 0 saturated heterocycles. The van der Waals surface area contributed by atoms with E-state index < -0.39 is 0 Å². The normalized spacial score (nSPS) is 10.7. The molecule has 1 heterocycles. The van der Waals surface area contributed by atoms with Gasteiger partial charge in [0, 0.05) is 16.4 Å². The monoisotopic (exact) mass is 251 g/mol. The molecule has 0 amide bonds. The Bertz CT molecular complexity index is 490. The lowest BCUT2D eigenvalue weighted by molar-refractivity contribution is 0.818. The van der Waals surface area contributed by atoms with Crippen LogP contribution in [0.5, 0.6) is 0 Å². The molecule has 16 heavy (non-hydrogen) atoms. The summed E-state index contributed by atoms with van der Waals surface area (Å²) in [6.07, 6.45) is 0. The van der Waals surface area contributed by atoms with E-state index in [1.165, 1.54) is 16.0 Å². The van der Waals surface area contributed by atoms with Gasteiger partial charge in [-0.2, -0.15) is 0 Å². The lowest BCUT2D eigenvalue weighted by Crippen LogP contribution is -2.05. The summed E-state index contributed by atoms with van der Waals surface area (Å²) in [5.74, 6) is 0. The highest BCUT2D eigenvalue weighted by molar-refractivity contribution is 7.10. The maximum atomic E-state index is 6.14. The second kappa shape index (κ2) is 5.00. The molecule has 3 heteroatoms. The summed E-state index contributed by atoms with van der Waals surface area (Å²) in [7, 11) is 1.93. The first-order valence-electron chi connectivity index (χ1n) is 5.20. The first kappa shape index (κ1) is 11.6. The van der Waals surface area contributed by atoms with E-state index in [-0.39, 0.29) is 0 Å². The summed E-state index contributed by atoms with van der Waals surface area (Å²) in [6, 6.07) is 8.37. The number of hydrogen-bond donors (Lipinski definition) is 1. The van der Waals surface area contributed by atoms with E-state index >= 15 is 0 Å². The van der Waals surface area contributed by atoms with Crippen LogP contribution in [0.2, 0.25) is 5.02 Å². The van der Waals surface area contributed by atoms with Gasteiger partial charge in [-0.25, -0.2) is 0 Å². The fourth-order valence-electron chi connectivity index (χ4n) is 1.75. The number of rotatable bonds is 3. The molecule has 0 atom stereocenters. The molecule has 0 aliphatic heterocycles. The van der Waals surface area contributed by atoms with E-state index in [1.807, 2.05) is 13.1 Å². The van der Waals surface area contributed by atoms with Crippen molar-refractivity contribution in [2.75, 3.05) is 7.05 Å². The predicted molar refractivity (Wildman–Crippen MR) is 72.3 cm³/mol. The molecule has 0 bridgehead atoms. The largest absolute Gasteiger partial charge is 0.316 e. The van der Waals surface area contributed by atoms with Gasteiger partial charge in [-0.05, 0) is 54.2 Å². The fraction of sp³-hybridized carbons (Fsp3) is 0.231. The molecular weight excluding hydrogens is 238 g/mol. The van der Waals surface area contributed by atoms with Crippen molar-refractivity contribution < 1.29 is 0 Å². The topological polar surface area (TPSA) is 12.0 Å². The van der Waals surface area contributed by atoms with Crippen molar-refractivity contribution >= 4 is 22.9 Å². The van der Waals surface area contributed by atoms with Crippen molar-refractivity contribution in [2.24, 2.45) is 0 Å². The van der Waals surface area contributed by atoms with Crippen LogP contribution in [0.25, 0.3) is 11.1 Å². The summed E-state index contributed by atoms with van der Waals surface area (Å²) in [6.45, 7) is 2.95. The van der Waals surface area contributed by atoms with E-state index in [2.05, 4.69) is 35.8 Å². The van der Waals surface area contributed by atoms with Crippen molar-refractivity contribution in [1.82, 2.24) is 5.32 Å². The average molecular weight is 252 g/mol. The minimum Gasteiger partial charge on any atom is -0.316 e. The Morgan fingerprint density at radius 1 is 1.31 bits per heavy atom. The first-order valence-corrected chi connectivity index (χ1v) is 6.45. The van der Waals surface area contributed by atoms with Gasteiger partial charge in [-0.15, -0.1) is 11.3 Å². The Labute approximate surface area is 105 Å². The quantitative estimate of drug-likeness (QED) is 0.866. The van der Waals surface area contributed by atoms with Gasteiger partial charge in [0.15, 0.2) is 0 Å². The number of benzene rings is 1. The van der Waals surface area contributed by atoms with Crippen LogP contribution >= 0.6 is 22.9 Å². The molecular formula is C13H14ClNS. The lowest BCUT2D eigenvalue weighted by Gasteiger charge is -2.07. The summed E-state index contributed by atoms with van der Waals surface area (Å²) >= 11 is 7.91. The third kappa shape index (κ3) is 2.29. The maximum Gasteiger partial charge on any atom is 0.0451 e. The number of hydrogen-bond acceptors (Lipinski definition) is 2. The van der Waals surface area contributed by atoms with E-state index in [9.17, 15) is 0 Å². The van der Waals surface area contributed by atoms with Gasteiger partial charge in [0.25, 0.3) is 0 Å². The number of aryl methyl sites for hydroxylation is 1. The van der Waals surface area contributed by atoms with Crippen molar-refractivity contribution in [3.05, 3.63) is 45.1 Å². The highest BCUT2D eigenvalue weighted by Gasteiger charge is 2.06. The second-order valence-corrected chi connectivity index (χ2v) is 5.25. The molecule has 0 fully saturated rings. The predicted octanol–water partition coefficient (Wildman–Crippen LogP) is 4.10. The van der Waals surface area contributed by atoms with E-state index in [4.69, 9.17) is 11.6 Å². The summed E-state index contributed by atoms with van der Waals surface area (Å²) in [4.78, 5) is 1.35. The van der Waals surface area contributed by atoms with Crippen molar-refractivity contribution in [3.63, 3.8) is 0 Å². The van der Waals surface area contributed by atoms with Crippen molar-refractivity contribution in [2.45, 2.75) is 13.5 Å². The summed E-state index contributed by atoms with van der Waals surface area (Å²) < 4.78 is 0. The average Bonchev–Trinajstić information content (AvgIpc) is 2.68. The molecule has 1 N–H and O–H groups in total. The Morgan fingerprint density at radius 3 is 2.75 bits per heavy atom. The molecule has 2 aromatic rings. The van der Waals surface area contributed by atoms with Gasteiger partial charge in [0.1, 0.15) is 0 Å². The number of thiophene rings is 1. The molecule has 0 unspecified atom stereocenters. The standard InChI is InChI=1S/C13H14ClNS/c1-9-12(5-6-16-9)10-3-4-13(14)11(7-10)8-15-2/h3-7,15H,8H2,1-2H3. The zero-order valence-electron chi connectivity index (χ0n) is 9.38. The van der Waals surface area contributed by atoms with Crippen LogP contribution in [0.15, 0.2) is 29.6 Å². The van der Waals surface area contributed by atoms with Gasteiger partial charge in [-0.1, -0.05) is 17.7 Å². The van der Waals surface area contributed by atoms with Crippen LogP contribution in [0.3, 0.4) is 0 Å². The minimum absolute atomic E-state index is 0.801. The molecule has 0 aliphatic rings. The highest BCUT2D eigenvalue weighted by Crippen LogP contribution is 2.30. The molecule has 2 rings (SSSR count). The SMILES string of the molecule is CNCc1cc(-c2ccsc2C)ccc1Cl. The van der Waals surface area contributed by atoms with Crippen LogP contribution in [-0.2, 0) is 6.54 Å². The Balaban J connectivity index is 2.43. The third-order valence-corrected chi connectivity index (χ3v) is 3.80. The van der Waals surface area contributed by atoms with Crippen LogP contribution < -0.4 is 5.32 Å². The third-order valence-electron chi connectivity index (χ3n) is 2.58. The number of halogens is 1. The lowest BCUT2D eigenvalue weighted by atomic mass is 10.0. The second-order valence-electron chi connectivity index (χ2n) is 3.73. The molecule has 0 spiro atoms. The molecule has 1 nitrogen and oxygen atoms in total. The van der Waals surface area contributed by atoms with Gasteiger partial charge in [0.2, 0.25) is 0 Å². The fourth-order valence-corrected chi connectivity index (χ4v) is 2.66. The minimum atomic E-state index is 0.801. The first-order chi connectivity index (χ1) is 7.72. The van der Waals surface area contributed by atoms with Gasteiger partial charge in [0.05, 0.1) is 0 Å². The van der Waals surface area contributed by atoms with Gasteiger partial charge >= 0.3 is 0 Å². The van der Waals surface area contributed by atoms with Crippen LogP contribution in [0.1, 0.15) is 10.4 Å². The molecule has 0 saturated carbocycles. The molecule has 0 radical (unpaired) electrons. The molecule has 0 aliphatic carbocycles. The van der Waals surface area contributed by atoms with Gasteiger partial charge in [-0.3, -0.25) is 0 Å². The number of nitrogens with one attached hydrogen (secondary N) is 1. The highest BCUT2D eigenvalue weighted by atomic mass is 35.5. The smallest absolute Gasteiger partial charge is 0.0451 e. The zero-order chi connectivity index (χ0) is 11.5.